The van der Waals surface area contributed by atoms with Gasteiger partial charge < -0.3 is 4.74 Å². The summed E-state index contributed by atoms with van der Waals surface area (Å²) in [5.41, 5.74) is 4.49. The first-order valence-electron chi connectivity index (χ1n) is 7.14. The van der Waals surface area contributed by atoms with Crippen molar-refractivity contribution < 1.29 is 9.53 Å². The van der Waals surface area contributed by atoms with Gasteiger partial charge in [-0.25, -0.2) is 4.79 Å². The van der Waals surface area contributed by atoms with Gasteiger partial charge in [0.1, 0.15) is 5.75 Å². The van der Waals surface area contributed by atoms with Crippen LogP contribution in [0.1, 0.15) is 39.9 Å². The van der Waals surface area contributed by atoms with Gasteiger partial charge in [-0.3, -0.25) is 0 Å². The Morgan fingerprint density at radius 2 is 1.75 bits per heavy atom. The van der Waals surface area contributed by atoms with Crippen LogP contribution < -0.4 is 4.74 Å². The number of benzene rings is 2. The van der Waals surface area contributed by atoms with E-state index in [2.05, 4.69) is 13.0 Å². The summed E-state index contributed by atoms with van der Waals surface area (Å²) < 4.78 is 5.56. The van der Waals surface area contributed by atoms with Crippen LogP contribution in [0.5, 0.6) is 5.75 Å². The van der Waals surface area contributed by atoms with E-state index >= 15 is 0 Å². The van der Waals surface area contributed by atoms with Crippen LogP contribution in [-0.4, -0.2) is 5.97 Å². The molecule has 0 aromatic heterocycles. The van der Waals surface area contributed by atoms with Gasteiger partial charge in [-0.2, -0.15) is 0 Å². The molecular weight excluding hydrogens is 248 g/mol. The molecule has 0 amide bonds. The van der Waals surface area contributed by atoms with Gasteiger partial charge >= 0.3 is 5.97 Å². The van der Waals surface area contributed by atoms with Crippen molar-refractivity contribution in [3.63, 3.8) is 0 Å². The van der Waals surface area contributed by atoms with Crippen LogP contribution in [0.4, 0.5) is 0 Å². The lowest BCUT2D eigenvalue weighted by Crippen LogP contribution is -2.11. The molecule has 0 saturated heterocycles. The Kier molecular flexibility index (Phi) is 3.55. The molecule has 3 rings (SSSR count). The van der Waals surface area contributed by atoms with Gasteiger partial charge in [0.05, 0.1) is 5.56 Å². The second-order valence-electron chi connectivity index (χ2n) is 5.29. The van der Waals surface area contributed by atoms with Crippen LogP contribution in [-0.2, 0) is 12.8 Å². The highest BCUT2D eigenvalue weighted by molar-refractivity contribution is 5.91. The molecule has 0 atom stereocenters. The Hall–Kier alpha value is -2.09. The van der Waals surface area contributed by atoms with Crippen LogP contribution in [0.2, 0.25) is 0 Å². The fourth-order valence-electron chi connectivity index (χ4n) is 2.83. The van der Waals surface area contributed by atoms with E-state index < -0.39 is 0 Å². The third-order valence-electron chi connectivity index (χ3n) is 3.98. The van der Waals surface area contributed by atoms with Crippen LogP contribution >= 0.6 is 0 Å². The second kappa shape index (κ2) is 5.49. The van der Waals surface area contributed by atoms with Crippen molar-refractivity contribution in [2.75, 3.05) is 0 Å². The van der Waals surface area contributed by atoms with E-state index in [1.54, 1.807) is 12.1 Å². The summed E-state index contributed by atoms with van der Waals surface area (Å²) in [5.74, 6) is 0.406. The molecule has 2 aromatic carbocycles. The Bertz CT molecular complexity index is 629. The molecule has 0 spiro atoms. The van der Waals surface area contributed by atoms with Crippen molar-refractivity contribution in [2.45, 2.75) is 32.6 Å². The molecular formula is C18H18O2. The summed E-state index contributed by atoms with van der Waals surface area (Å²) in [6, 6.07) is 13.2. The predicted octanol–water partition coefficient (Wildman–Crippen LogP) is 4.09. The minimum absolute atomic E-state index is 0.288. The van der Waals surface area contributed by atoms with E-state index in [0.717, 1.165) is 18.4 Å². The van der Waals surface area contributed by atoms with Gasteiger partial charge in [0.2, 0.25) is 0 Å². The Morgan fingerprint density at radius 3 is 2.55 bits per heavy atom. The number of hydrogen-bond donors (Lipinski definition) is 0. The highest BCUT2D eigenvalue weighted by Gasteiger charge is 2.16. The molecule has 1 aliphatic rings. The fraction of sp³-hybridized carbons (Fsp3) is 0.278. The Balaban J connectivity index is 1.86. The first-order valence-corrected chi connectivity index (χ1v) is 7.14. The van der Waals surface area contributed by atoms with Crippen molar-refractivity contribution in [2.24, 2.45) is 0 Å². The summed E-state index contributed by atoms with van der Waals surface area (Å²) in [7, 11) is 0. The van der Waals surface area contributed by atoms with Crippen LogP contribution in [0.3, 0.4) is 0 Å². The lowest BCUT2D eigenvalue weighted by Gasteiger charge is -2.20. The van der Waals surface area contributed by atoms with E-state index in [4.69, 9.17) is 4.74 Å². The summed E-state index contributed by atoms with van der Waals surface area (Å²) in [6.07, 6.45) is 4.72. The lowest BCUT2D eigenvalue weighted by molar-refractivity contribution is 0.0733. The number of esters is 1. The van der Waals surface area contributed by atoms with Crippen molar-refractivity contribution in [3.8, 4) is 5.75 Å². The first-order chi connectivity index (χ1) is 9.75. The van der Waals surface area contributed by atoms with E-state index in [-0.39, 0.29) is 5.97 Å². The summed E-state index contributed by atoms with van der Waals surface area (Å²) in [5, 5.41) is 0. The van der Waals surface area contributed by atoms with Crippen molar-refractivity contribution in [1.82, 2.24) is 0 Å². The third kappa shape index (κ3) is 2.46. The van der Waals surface area contributed by atoms with Crippen molar-refractivity contribution in [1.29, 1.82) is 0 Å². The van der Waals surface area contributed by atoms with Crippen LogP contribution in [0, 0.1) is 6.92 Å². The Labute approximate surface area is 119 Å². The summed E-state index contributed by atoms with van der Waals surface area (Å²) in [4.78, 5) is 12.1. The smallest absolute Gasteiger partial charge is 0.343 e. The van der Waals surface area contributed by atoms with E-state index in [9.17, 15) is 4.79 Å². The third-order valence-corrected chi connectivity index (χ3v) is 3.98. The largest absolute Gasteiger partial charge is 0.423 e. The van der Waals surface area contributed by atoms with E-state index in [1.807, 2.05) is 24.3 Å². The number of ether oxygens (including phenoxy) is 1. The van der Waals surface area contributed by atoms with Gasteiger partial charge in [-0.1, -0.05) is 24.3 Å². The SMILES string of the molecule is Cc1c(OC(=O)c2ccccc2)ccc2c1CCCC2. The minimum Gasteiger partial charge on any atom is -0.423 e. The zero-order valence-electron chi connectivity index (χ0n) is 11.7. The number of rotatable bonds is 2. The van der Waals surface area contributed by atoms with Gasteiger partial charge in [0.15, 0.2) is 0 Å². The fourth-order valence-corrected chi connectivity index (χ4v) is 2.83. The first kappa shape index (κ1) is 12.9. The summed E-state index contributed by atoms with van der Waals surface area (Å²) >= 11 is 0. The van der Waals surface area contributed by atoms with E-state index in [1.165, 1.54) is 24.0 Å². The van der Waals surface area contributed by atoms with Crippen LogP contribution in [0.25, 0.3) is 0 Å². The van der Waals surface area contributed by atoms with Crippen molar-refractivity contribution in [3.05, 3.63) is 64.7 Å². The highest BCUT2D eigenvalue weighted by Crippen LogP contribution is 2.30. The van der Waals surface area contributed by atoms with Gasteiger partial charge in [-0.05, 0) is 67.5 Å². The van der Waals surface area contributed by atoms with Gasteiger partial charge in [0, 0.05) is 0 Å². The molecule has 2 aromatic rings. The molecule has 0 saturated carbocycles. The molecule has 1 aliphatic carbocycles. The number of carbonyl (C=O) groups is 1. The Morgan fingerprint density at radius 1 is 1.00 bits per heavy atom. The number of hydrogen-bond acceptors (Lipinski definition) is 2. The molecule has 0 fully saturated rings. The molecule has 2 nitrogen and oxygen atoms in total. The maximum Gasteiger partial charge on any atom is 0.343 e. The average molecular weight is 266 g/mol. The molecule has 0 heterocycles. The number of aryl methyl sites for hydroxylation is 1. The maximum absolute atomic E-state index is 12.1. The maximum atomic E-state index is 12.1. The molecule has 102 valence electrons. The molecule has 2 heteroatoms. The van der Waals surface area contributed by atoms with Gasteiger partial charge in [0.25, 0.3) is 0 Å². The van der Waals surface area contributed by atoms with Crippen LogP contribution in [0.15, 0.2) is 42.5 Å². The van der Waals surface area contributed by atoms with E-state index in [0.29, 0.717) is 11.3 Å². The number of fused-ring (bicyclic) bond motifs is 1. The topological polar surface area (TPSA) is 26.3 Å². The second-order valence-corrected chi connectivity index (χ2v) is 5.29. The number of carbonyl (C=O) groups excluding carboxylic acids is 1. The zero-order valence-corrected chi connectivity index (χ0v) is 11.7. The molecule has 0 N–H and O–H groups in total. The molecule has 0 aliphatic heterocycles. The normalized spacial score (nSPS) is 13.7. The van der Waals surface area contributed by atoms with Gasteiger partial charge in [-0.15, -0.1) is 0 Å². The molecule has 20 heavy (non-hydrogen) atoms. The molecule has 0 radical (unpaired) electrons. The molecule has 0 bridgehead atoms. The predicted molar refractivity (Wildman–Crippen MR) is 79.2 cm³/mol. The quantitative estimate of drug-likeness (QED) is 0.604. The lowest BCUT2D eigenvalue weighted by atomic mass is 9.88. The average Bonchev–Trinajstić information content (AvgIpc) is 2.51. The highest BCUT2D eigenvalue weighted by atomic mass is 16.5. The standard InChI is InChI=1S/C18H18O2/c1-13-16-10-6-5-7-14(16)11-12-17(13)20-18(19)15-8-3-2-4-9-15/h2-4,8-9,11-12H,5-7,10H2,1H3. The van der Waals surface area contributed by atoms with Crippen molar-refractivity contribution >= 4 is 5.97 Å². The molecule has 0 unspecified atom stereocenters. The monoisotopic (exact) mass is 266 g/mol. The minimum atomic E-state index is -0.288. The summed E-state index contributed by atoms with van der Waals surface area (Å²) in [6.45, 7) is 2.05. The zero-order chi connectivity index (χ0) is 13.9.